The molecule has 1 amide bonds. The minimum absolute atomic E-state index is 0.0114. The molecule has 0 saturated heterocycles. The van der Waals surface area contributed by atoms with Crippen molar-refractivity contribution in [3.05, 3.63) is 70.3 Å². The van der Waals surface area contributed by atoms with Gasteiger partial charge in [0, 0.05) is 0 Å². The molecule has 0 aliphatic carbocycles. The minimum Gasteiger partial charge on any atom is -0.349 e. The first-order valence-electron chi connectivity index (χ1n) is 8.63. The van der Waals surface area contributed by atoms with Gasteiger partial charge >= 0.3 is 0 Å². The summed E-state index contributed by atoms with van der Waals surface area (Å²) in [5.74, 6) is 0.0642. The molecular formula is C22H29NO. The predicted molar refractivity (Wildman–Crippen MR) is 101 cm³/mol. The zero-order valence-electron chi connectivity index (χ0n) is 15.7. The average Bonchev–Trinajstić information content (AvgIpc) is 2.49. The first-order valence-corrected chi connectivity index (χ1v) is 8.63. The molecule has 0 heterocycles. The Morgan fingerprint density at radius 1 is 1.04 bits per heavy atom. The van der Waals surface area contributed by atoms with Gasteiger partial charge in [-0.25, -0.2) is 0 Å². The lowest BCUT2D eigenvalue weighted by molar-refractivity contribution is -0.121. The van der Waals surface area contributed by atoms with E-state index in [0.29, 0.717) is 6.42 Å². The summed E-state index contributed by atoms with van der Waals surface area (Å²) in [5.41, 5.74) is 6.08. The summed E-state index contributed by atoms with van der Waals surface area (Å²) in [6.45, 7) is 12.8. The van der Waals surface area contributed by atoms with Crippen LogP contribution in [0.15, 0.2) is 42.5 Å². The molecular weight excluding hydrogens is 294 g/mol. The van der Waals surface area contributed by atoms with Gasteiger partial charge in [-0.1, -0.05) is 68.8 Å². The van der Waals surface area contributed by atoms with E-state index in [-0.39, 0.29) is 17.4 Å². The van der Waals surface area contributed by atoms with Gasteiger partial charge in [-0.15, -0.1) is 0 Å². The molecule has 0 aromatic heterocycles. The highest BCUT2D eigenvalue weighted by molar-refractivity contribution is 5.79. The number of rotatable bonds is 4. The second-order valence-electron chi connectivity index (χ2n) is 7.77. The zero-order chi connectivity index (χ0) is 17.9. The van der Waals surface area contributed by atoms with Crippen molar-refractivity contribution < 1.29 is 4.79 Å². The van der Waals surface area contributed by atoms with Crippen molar-refractivity contribution in [3.8, 4) is 0 Å². The van der Waals surface area contributed by atoms with Crippen LogP contribution in [0.25, 0.3) is 0 Å². The molecule has 0 radical (unpaired) electrons. The number of nitrogens with one attached hydrogen (secondary N) is 1. The van der Waals surface area contributed by atoms with Crippen molar-refractivity contribution in [2.75, 3.05) is 0 Å². The van der Waals surface area contributed by atoms with Gasteiger partial charge in [0.05, 0.1) is 12.5 Å². The Hall–Kier alpha value is -2.09. The van der Waals surface area contributed by atoms with Gasteiger partial charge in [-0.05, 0) is 48.4 Å². The number of carbonyl (C=O) groups excluding carboxylic acids is 1. The number of hydrogen-bond acceptors (Lipinski definition) is 1. The molecule has 2 rings (SSSR count). The summed E-state index contributed by atoms with van der Waals surface area (Å²) in [5, 5.41) is 3.11. The maximum Gasteiger partial charge on any atom is 0.224 e. The molecule has 2 heteroatoms. The lowest BCUT2D eigenvalue weighted by atomic mass is 9.86. The third-order valence-corrected chi connectivity index (χ3v) is 4.50. The smallest absolute Gasteiger partial charge is 0.224 e. The Morgan fingerprint density at radius 3 is 2.21 bits per heavy atom. The first-order chi connectivity index (χ1) is 11.2. The van der Waals surface area contributed by atoms with E-state index in [2.05, 4.69) is 76.3 Å². The van der Waals surface area contributed by atoms with Crippen LogP contribution in [-0.2, 0) is 16.6 Å². The quantitative estimate of drug-likeness (QED) is 0.841. The van der Waals surface area contributed by atoms with E-state index in [1.54, 1.807) is 0 Å². The van der Waals surface area contributed by atoms with E-state index >= 15 is 0 Å². The number of aryl methyl sites for hydroxylation is 2. The lowest BCUT2D eigenvalue weighted by Crippen LogP contribution is -2.28. The van der Waals surface area contributed by atoms with Gasteiger partial charge in [-0.2, -0.15) is 0 Å². The van der Waals surface area contributed by atoms with Gasteiger partial charge in [-0.3, -0.25) is 4.79 Å². The Labute approximate surface area is 146 Å². The van der Waals surface area contributed by atoms with Crippen molar-refractivity contribution in [3.63, 3.8) is 0 Å². The third kappa shape index (κ3) is 4.70. The van der Waals surface area contributed by atoms with Gasteiger partial charge in [0.1, 0.15) is 0 Å². The summed E-state index contributed by atoms with van der Waals surface area (Å²) in [6, 6.07) is 14.8. The van der Waals surface area contributed by atoms with Crippen molar-refractivity contribution in [2.45, 2.75) is 59.4 Å². The summed E-state index contributed by atoms with van der Waals surface area (Å²) < 4.78 is 0. The fourth-order valence-electron chi connectivity index (χ4n) is 2.86. The molecule has 128 valence electrons. The van der Waals surface area contributed by atoms with Crippen LogP contribution in [0.3, 0.4) is 0 Å². The van der Waals surface area contributed by atoms with Crippen molar-refractivity contribution in [1.29, 1.82) is 0 Å². The molecule has 2 aromatic carbocycles. The standard InChI is InChI=1S/C22H29NO/c1-15-7-8-19(16(2)13-15)14-21(24)23-17(3)18-9-11-20(12-10-18)22(4,5)6/h7-13,17H,14H2,1-6H3,(H,23,24). The molecule has 0 spiro atoms. The highest BCUT2D eigenvalue weighted by Crippen LogP contribution is 2.24. The number of benzene rings is 2. The SMILES string of the molecule is Cc1ccc(CC(=O)NC(C)c2ccc(C(C)(C)C)cc2)c(C)c1. The fraction of sp³-hybridized carbons (Fsp3) is 0.409. The fourth-order valence-corrected chi connectivity index (χ4v) is 2.86. The van der Waals surface area contributed by atoms with Crippen LogP contribution < -0.4 is 5.32 Å². The molecule has 1 atom stereocenters. The molecule has 2 nitrogen and oxygen atoms in total. The Morgan fingerprint density at radius 2 is 1.67 bits per heavy atom. The molecule has 1 N–H and O–H groups in total. The van der Waals surface area contributed by atoms with Crippen molar-refractivity contribution in [2.24, 2.45) is 0 Å². The Balaban J connectivity index is 2.01. The van der Waals surface area contributed by atoms with Crippen LogP contribution in [0, 0.1) is 13.8 Å². The highest BCUT2D eigenvalue weighted by Gasteiger charge is 2.15. The van der Waals surface area contributed by atoms with E-state index < -0.39 is 0 Å². The molecule has 0 fully saturated rings. The van der Waals surface area contributed by atoms with Gasteiger partial charge < -0.3 is 5.32 Å². The molecule has 0 aliphatic rings. The van der Waals surface area contributed by atoms with Crippen molar-refractivity contribution >= 4 is 5.91 Å². The normalized spacial score (nSPS) is 12.8. The van der Waals surface area contributed by atoms with Gasteiger partial charge in [0.2, 0.25) is 5.91 Å². The molecule has 2 aromatic rings. The molecule has 1 unspecified atom stereocenters. The molecule has 0 aliphatic heterocycles. The summed E-state index contributed by atoms with van der Waals surface area (Å²) in [7, 11) is 0. The number of carbonyl (C=O) groups is 1. The monoisotopic (exact) mass is 323 g/mol. The van der Waals surface area contributed by atoms with Crippen LogP contribution in [0.2, 0.25) is 0 Å². The predicted octanol–water partition coefficient (Wildman–Crippen LogP) is 5.02. The van der Waals surface area contributed by atoms with Crippen LogP contribution in [0.1, 0.15) is 61.6 Å². The molecule has 24 heavy (non-hydrogen) atoms. The maximum atomic E-state index is 12.3. The van der Waals surface area contributed by atoms with Gasteiger partial charge in [0.15, 0.2) is 0 Å². The van der Waals surface area contributed by atoms with Crippen LogP contribution in [-0.4, -0.2) is 5.91 Å². The minimum atomic E-state index is 0.0114. The number of amides is 1. The van der Waals surface area contributed by atoms with Crippen molar-refractivity contribution in [1.82, 2.24) is 5.32 Å². The van der Waals surface area contributed by atoms with E-state index in [0.717, 1.165) is 11.1 Å². The maximum absolute atomic E-state index is 12.3. The van der Waals surface area contributed by atoms with Crippen LogP contribution in [0.5, 0.6) is 0 Å². The van der Waals surface area contributed by atoms with Gasteiger partial charge in [0.25, 0.3) is 0 Å². The largest absolute Gasteiger partial charge is 0.349 e. The molecule has 0 bridgehead atoms. The first kappa shape index (κ1) is 18.3. The summed E-state index contributed by atoms with van der Waals surface area (Å²) >= 11 is 0. The number of hydrogen-bond donors (Lipinski definition) is 1. The van der Waals surface area contributed by atoms with E-state index in [9.17, 15) is 4.79 Å². The Bertz CT molecular complexity index is 708. The highest BCUT2D eigenvalue weighted by atomic mass is 16.1. The second kappa shape index (κ2) is 7.21. The third-order valence-electron chi connectivity index (χ3n) is 4.50. The molecule has 0 saturated carbocycles. The second-order valence-corrected chi connectivity index (χ2v) is 7.77. The van der Waals surface area contributed by atoms with E-state index in [1.807, 2.05) is 13.0 Å². The Kier molecular flexibility index (Phi) is 5.48. The average molecular weight is 323 g/mol. The van der Waals surface area contributed by atoms with E-state index in [1.165, 1.54) is 16.7 Å². The lowest BCUT2D eigenvalue weighted by Gasteiger charge is -2.21. The van der Waals surface area contributed by atoms with E-state index in [4.69, 9.17) is 0 Å². The topological polar surface area (TPSA) is 29.1 Å². The van der Waals surface area contributed by atoms with Crippen LogP contribution in [0.4, 0.5) is 0 Å². The summed E-state index contributed by atoms with van der Waals surface area (Å²) in [6.07, 6.45) is 0.427. The summed E-state index contributed by atoms with van der Waals surface area (Å²) in [4.78, 5) is 12.3. The zero-order valence-corrected chi connectivity index (χ0v) is 15.7. The van der Waals surface area contributed by atoms with Crippen LogP contribution >= 0.6 is 0 Å².